The van der Waals surface area contributed by atoms with Gasteiger partial charge in [-0.05, 0) is 18.6 Å². The van der Waals surface area contributed by atoms with Gasteiger partial charge in [-0.15, -0.1) is 0 Å². The zero-order valence-corrected chi connectivity index (χ0v) is 9.24. The monoisotopic (exact) mass is 245 g/mol. The molecule has 94 valence electrons. The highest BCUT2D eigenvalue weighted by Crippen LogP contribution is 2.31. The van der Waals surface area contributed by atoms with Gasteiger partial charge < -0.3 is 15.6 Å². The summed E-state index contributed by atoms with van der Waals surface area (Å²) in [4.78, 5) is 10.4. The largest absolute Gasteiger partial charge is 0.493 e. The van der Waals surface area contributed by atoms with Gasteiger partial charge in [0.05, 0.1) is 7.11 Å². The smallest absolute Gasteiger partial charge is 0.303 e. The lowest BCUT2D eigenvalue weighted by atomic mass is 10.0. The van der Waals surface area contributed by atoms with Crippen LogP contribution >= 0.6 is 0 Å². The molecule has 4 nitrogen and oxygen atoms in total. The zero-order chi connectivity index (χ0) is 13.0. The molecular formula is C11H13F2NO3. The molecule has 0 saturated heterocycles. The van der Waals surface area contributed by atoms with Crippen LogP contribution in [0.2, 0.25) is 0 Å². The second kappa shape index (κ2) is 5.58. The molecule has 0 saturated carbocycles. The fourth-order valence-electron chi connectivity index (χ4n) is 1.53. The first-order valence-electron chi connectivity index (χ1n) is 4.96. The summed E-state index contributed by atoms with van der Waals surface area (Å²) in [6.07, 6.45) is -0.216. The van der Waals surface area contributed by atoms with Crippen molar-refractivity contribution in [2.75, 3.05) is 7.11 Å². The molecule has 17 heavy (non-hydrogen) atoms. The van der Waals surface area contributed by atoms with Crippen molar-refractivity contribution in [3.63, 3.8) is 0 Å². The average Bonchev–Trinajstić information content (AvgIpc) is 2.28. The lowest BCUT2D eigenvalue weighted by molar-refractivity contribution is -0.137. The second-order valence-electron chi connectivity index (χ2n) is 3.52. The third kappa shape index (κ3) is 3.13. The summed E-state index contributed by atoms with van der Waals surface area (Å²) in [5, 5.41) is 8.51. The molecule has 1 aromatic rings. The van der Waals surface area contributed by atoms with Crippen LogP contribution in [0.1, 0.15) is 24.4 Å². The number of methoxy groups -OCH3 is 1. The van der Waals surface area contributed by atoms with E-state index in [1.165, 1.54) is 7.11 Å². The van der Waals surface area contributed by atoms with Crippen molar-refractivity contribution in [2.45, 2.75) is 18.9 Å². The Hall–Kier alpha value is -1.69. The Labute approximate surface area is 97.0 Å². The van der Waals surface area contributed by atoms with Crippen LogP contribution < -0.4 is 10.5 Å². The average molecular weight is 245 g/mol. The van der Waals surface area contributed by atoms with Crippen molar-refractivity contribution in [2.24, 2.45) is 5.73 Å². The molecule has 0 spiro atoms. The number of aliphatic carboxylic acids is 1. The van der Waals surface area contributed by atoms with Gasteiger partial charge in [-0.2, -0.15) is 0 Å². The SMILES string of the molecule is COc1c(F)ccc(F)c1C(N)CCC(=O)O. The van der Waals surface area contributed by atoms with Gasteiger partial charge >= 0.3 is 5.97 Å². The number of rotatable bonds is 5. The third-order valence-electron chi connectivity index (χ3n) is 2.34. The first-order valence-corrected chi connectivity index (χ1v) is 4.96. The van der Waals surface area contributed by atoms with Crippen molar-refractivity contribution in [1.82, 2.24) is 0 Å². The molecule has 0 aliphatic rings. The molecule has 0 radical (unpaired) electrons. The van der Waals surface area contributed by atoms with Crippen LogP contribution in [0, 0.1) is 11.6 Å². The number of carbonyl (C=O) groups is 1. The van der Waals surface area contributed by atoms with E-state index in [9.17, 15) is 13.6 Å². The molecule has 1 rings (SSSR count). The van der Waals surface area contributed by atoms with E-state index < -0.39 is 23.6 Å². The maximum absolute atomic E-state index is 13.5. The lowest BCUT2D eigenvalue weighted by Gasteiger charge is -2.16. The summed E-state index contributed by atoms with van der Waals surface area (Å²) in [5.74, 6) is -2.75. The van der Waals surface area contributed by atoms with Gasteiger partial charge in [0.1, 0.15) is 5.82 Å². The van der Waals surface area contributed by atoms with E-state index in [1.54, 1.807) is 0 Å². The zero-order valence-electron chi connectivity index (χ0n) is 9.24. The van der Waals surface area contributed by atoms with Crippen LogP contribution in [0.5, 0.6) is 5.75 Å². The number of hydrogen-bond donors (Lipinski definition) is 2. The van der Waals surface area contributed by atoms with E-state index in [-0.39, 0.29) is 24.2 Å². The molecule has 1 unspecified atom stereocenters. The minimum absolute atomic E-state index is 0.00602. The molecule has 0 aliphatic carbocycles. The van der Waals surface area contributed by atoms with Gasteiger partial charge in [0, 0.05) is 18.0 Å². The Morgan fingerprint density at radius 2 is 2.06 bits per heavy atom. The number of nitrogens with two attached hydrogens (primary N) is 1. The molecule has 1 atom stereocenters. The lowest BCUT2D eigenvalue weighted by Crippen LogP contribution is -2.16. The maximum Gasteiger partial charge on any atom is 0.303 e. The Morgan fingerprint density at radius 1 is 1.47 bits per heavy atom. The van der Waals surface area contributed by atoms with Crippen molar-refractivity contribution in [3.8, 4) is 5.75 Å². The molecule has 0 fully saturated rings. The van der Waals surface area contributed by atoms with Crippen LogP contribution in [-0.4, -0.2) is 18.2 Å². The van der Waals surface area contributed by atoms with Gasteiger partial charge in [0.15, 0.2) is 11.6 Å². The molecule has 0 aliphatic heterocycles. The summed E-state index contributed by atoms with van der Waals surface area (Å²) in [6.45, 7) is 0. The Kier molecular flexibility index (Phi) is 4.39. The minimum Gasteiger partial charge on any atom is -0.493 e. The van der Waals surface area contributed by atoms with Crippen LogP contribution in [0.4, 0.5) is 8.78 Å². The van der Waals surface area contributed by atoms with E-state index in [2.05, 4.69) is 0 Å². The predicted octanol–water partition coefficient (Wildman–Crippen LogP) is 1.84. The topological polar surface area (TPSA) is 72.5 Å². The quantitative estimate of drug-likeness (QED) is 0.830. The van der Waals surface area contributed by atoms with Gasteiger partial charge in [0.25, 0.3) is 0 Å². The van der Waals surface area contributed by atoms with E-state index in [1.807, 2.05) is 0 Å². The summed E-state index contributed by atoms with van der Waals surface area (Å²) in [6, 6.07) is 0.951. The summed E-state index contributed by atoms with van der Waals surface area (Å²) in [5.41, 5.74) is 5.51. The molecular weight excluding hydrogens is 232 g/mol. The van der Waals surface area contributed by atoms with Gasteiger partial charge in [-0.3, -0.25) is 4.79 Å². The van der Waals surface area contributed by atoms with E-state index in [0.29, 0.717) is 0 Å². The second-order valence-corrected chi connectivity index (χ2v) is 3.52. The van der Waals surface area contributed by atoms with Crippen LogP contribution in [0.25, 0.3) is 0 Å². The molecule has 0 heterocycles. The van der Waals surface area contributed by atoms with E-state index in [0.717, 1.165) is 12.1 Å². The highest BCUT2D eigenvalue weighted by Gasteiger charge is 2.21. The molecule has 0 bridgehead atoms. The van der Waals surface area contributed by atoms with Gasteiger partial charge in [-0.25, -0.2) is 8.78 Å². The normalized spacial score (nSPS) is 12.2. The number of hydrogen-bond acceptors (Lipinski definition) is 3. The molecule has 1 aromatic carbocycles. The Bertz CT molecular complexity index is 423. The number of carboxylic acids is 1. The highest BCUT2D eigenvalue weighted by molar-refractivity contribution is 5.66. The Balaban J connectivity index is 3.02. The first kappa shape index (κ1) is 13.4. The van der Waals surface area contributed by atoms with Gasteiger partial charge in [0.2, 0.25) is 0 Å². The highest BCUT2D eigenvalue weighted by atomic mass is 19.1. The Morgan fingerprint density at radius 3 is 2.59 bits per heavy atom. The van der Waals surface area contributed by atoms with Crippen molar-refractivity contribution >= 4 is 5.97 Å². The van der Waals surface area contributed by atoms with E-state index in [4.69, 9.17) is 15.6 Å². The third-order valence-corrected chi connectivity index (χ3v) is 2.34. The molecule has 0 aromatic heterocycles. The molecule has 6 heteroatoms. The maximum atomic E-state index is 13.5. The standard InChI is InChI=1S/C11H13F2NO3/c1-17-11-7(13)3-2-6(12)10(11)8(14)4-5-9(15)16/h2-3,8H,4-5,14H2,1H3,(H,15,16). The number of halogens is 2. The molecule has 3 N–H and O–H groups in total. The molecule has 0 amide bonds. The van der Waals surface area contributed by atoms with Gasteiger partial charge in [-0.1, -0.05) is 0 Å². The van der Waals surface area contributed by atoms with Crippen molar-refractivity contribution < 1.29 is 23.4 Å². The van der Waals surface area contributed by atoms with Crippen LogP contribution in [0.15, 0.2) is 12.1 Å². The van der Waals surface area contributed by atoms with E-state index >= 15 is 0 Å². The summed E-state index contributed by atoms with van der Waals surface area (Å²) < 4.78 is 31.6. The van der Waals surface area contributed by atoms with Crippen LogP contribution in [0.3, 0.4) is 0 Å². The summed E-state index contributed by atoms with van der Waals surface area (Å²) >= 11 is 0. The number of benzene rings is 1. The van der Waals surface area contributed by atoms with Crippen LogP contribution in [-0.2, 0) is 4.79 Å². The summed E-state index contributed by atoms with van der Waals surface area (Å²) in [7, 11) is 1.20. The fourth-order valence-corrected chi connectivity index (χ4v) is 1.53. The first-order chi connectivity index (χ1) is 7.97. The number of carboxylic acid groups (broad SMARTS) is 1. The van der Waals surface area contributed by atoms with Crippen molar-refractivity contribution in [3.05, 3.63) is 29.3 Å². The van der Waals surface area contributed by atoms with Crippen molar-refractivity contribution in [1.29, 1.82) is 0 Å². The fraction of sp³-hybridized carbons (Fsp3) is 0.364. The number of ether oxygens (including phenoxy) is 1. The predicted molar refractivity (Wildman–Crippen MR) is 56.7 cm³/mol. The minimum atomic E-state index is -1.05.